The highest BCUT2D eigenvalue weighted by atomic mass is 127. The standard InChI is InChI=1S/C8H7IN2/c1-6-3-2-4-8-10-7(9)5-11(6)8/h2-5H,1H3. The molecule has 0 spiro atoms. The number of aromatic nitrogens is 2. The summed E-state index contributed by atoms with van der Waals surface area (Å²) in [7, 11) is 0. The Hall–Kier alpha value is -0.580. The molecule has 0 bridgehead atoms. The van der Waals surface area contributed by atoms with Crippen LogP contribution in [0.2, 0.25) is 0 Å². The number of rotatable bonds is 0. The Morgan fingerprint density at radius 2 is 2.27 bits per heavy atom. The minimum absolute atomic E-state index is 1.02. The molecule has 0 aliphatic rings. The van der Waals surface area contributed by atoms with Crippen LogP contribution in [0.1, 0.15) is 5.69 Å². The van der Waals surface area contributed by atoms with Crippen LogP contribution < -0.4 is 0 Å². The van der Waals surface area contributed by atoms with Crippen LogP contribution in [-0.4, -0.2) is 9.38 Å². The highest BCUT2D eigenvalue weighted by molar-refractivity contribution is 14.1. The average molecular weight is 258 g/mol. The number of imidazole rings is 1. The molecule has 2 aromatic heterocycles. The molecule has 0 N–H and O–H groups in total. The Morgan fingerprint density at radius 3 is 3.00 bits per heavy atom. The molecule has 0 aliphatic carbocycles. The Labute approximate surface area is 78.4 Å². The summed E-state index contributed by atoms with van der Waals surface area (Å²) in [6.45, 7) is 2.07. The van der Waals surface area contributed by atoms with Crippen molar-refractivity contribution in [2.45, 2.75) is 6.92 Å². The van der Waals surface area contributed by atoms with Crippen LogP contribution in [0.3, 0.4) is 0 Å². The van der Waals surface area contributed by atoms with Gasteiger partial charge in [-0.3, -0.25) is 0 Å². The third kappa shape index (κ3) is 1.13. The topological polar surface area (TPSA) is 17.3 Å². The van der Waals surface area contributed by atoms with Gasteiger partial charge in [0.05, 0.1) is 0 Å². The number of halogens is 1. The molecule has 0 unspecified atom stereocenters. The number of hydrogen-bond acceptors (Lipinski definition) is 1. The van der Waals surface area contributed by atoms with Crippen molar-refractivity contribution >= 4 is 28.2 Å². The van der Waals surface area contributed by atoms with E-state index in [0.717, 1.165) is 9.35 Å². The Morgan fingerprint density at radius 1 is 1.45 bits per heavy atom. The molecule has 56 valence electrons. The van der Waals surface area contributed by atoms with Crippen molar-refractivity contribution in [1.82, 2.24) is 9.38 Å². The van der Waals surface area contributed by atoms with Crippen molar-refractivity contribution < 1.29 is 0 Å². The van der Waals surface area contributed by atoms with Crippen LogP contribution in [0.4, 0.5) is 0 Å². The summed E-state index contributed by atoms with van der Waals surface area (Å²) in [5.41, 5.74) is 2.24. The van der Waals surface area contributed by atoms with Crippen LogP contribution in [0, 0.1) is 10.6 Å². The Kier molecular flexibility index (Phi) is 1.60. The lowest BCUT2D eigenvalue weighted by Crippen LogP contribution is -1.86. The van der Waals surface area contributed by atoms with E-state index in [0.29, 0.717) is 0 Å². The van der Waals surface area contributed by atoms with E-state index in [9.17, 15) is 0 Å². The number of aryl methyl sites for hydroxylation is 1. The predicted molar refractivity (Wildman–Crippen MR) is 52.6 cm³/mol. The summed E-state index contributed by atoms with van der Waals surface area (Å²) in [5.74, 6) is 0. The molecule has 2 nitrogen and oxygen atoms in total. The van der Waals surface area contributed by atoms with E-state index in [2.05, 4.69) is 45.0 Å². The quantitative estimate of drug-likeness (QED) is 0.662. The molecule has 2 rings (SSSR count). The van der Waals surface area contributed by atoms with E-state index < -0.39 is 0 Å². The zero-order valence-corrected chi connectivity index (χ0v) is 8.24. The van der Waals surface area contributed by atoms with Crippen molar-refractivity contribution in [2.75, 3.05) is 0 Å². The molecule has 0 aromatic carbocycles. The number of pyridine rings is 1. The molecular weight excluding hydrogens is 251 g/mol. The molecule has 2 heterocycles. The van der Waals surface area contributed by atoms with Gasteiger partial charge in [-0.25, -0.2) is 4.98 Å². The van der Waals surface area contributed by atoms with Crippen LogP contribution in [0.25, 0.3) is 5.65 Å². The maximum atomic E-state index is 4.32. The first-order chi connectivity index (χ1) is 5.27. The molecule has 0 atom stereocenters. The maximum Gasteiger partial charge on any atom is 0.138 e. The van der Waals surface area contributed by atoms with E-state index in [1.54, 1.807) is 0 Å². The van der Waals surface area contributed by atoms with E-state index >= 15 is 0 Å². The van der Waals surface area contributed by atoms with Gasteiger partial charge in [0.25, 0.3) is 0 Å². The predicted octanol–water partition coefficient (Wildman–Crippen LogP) is 2.25. The Bertz CT molecular complexity index is 392. The molecule has 2 aromatic rings. The van der Waals surface area contributed by atoms with Crippen LogP contribution in [0.15, 0.2) is 24.4 Å². The van der Waals surface area contributed by atoms with Gasteiger partial charge in [0.2, 0.25) is 0 Å². The molecule has 0 saturated carbocycles. The fourth-order valence-electron chi connectivity index (χ4n) is 1.12. The number of nitrogens with zero attached hydrogens (tertiary/aromatic N) is 2. The maximum absolute atomic E-state index is 4.32. The molecule has 0 radical (unpaired) electrons. The van der Waals surface area contributed by atoms with Gasteiger partial charge in [-0.05, 0) is 41.6 Å². The van der Waals surface area contributed by atoms with Crippen molar-refractivity contribution in [3.63, 3.8) is 0 Å². The fourth-order valence-corrected chi connectivity index (χ4v) is 1.64. The normalized spacial score (nSPS) is 10.7. The van der Waals surface area contributed by atoms with Crippen LogP contribution in [0.5, 0.6) is 0 Å². The van der Waals surface area contributed by atoms with Crippen LogP contribution >= 0.6 is 22.6 Å². The highest BCUT2D eigenvalue weighted by Crippen LogP contribution is 2.09. The van der Waals surface area contributed by atoms with Gasteiger partial charge in [0, 0.05) is 11.9 Å². The van der Waals surface area contributed by atoms with Gasteiger partial charge in [-0.2, -0.15) is 0 Å². The minimum Gasteiger partial charge on any atom is -0.303 e. The van der Waals surface area contributed by atoms with E-state index in [1.807, 2.05) is 18.3 Å². The van der Waals surface area contributed by atoms with Crippen LogP contribution in [-0.2, 0) is 0 Å². The van der Waals surface area contributed by atoms with E-state index in [4.69, 9.17) is 0 Å². The summed E-state index contributed by atoms with van der Waals surface area (Å²) in [6.07, 6.45) is 2.03. The van der Waals surface area contributed by atoms with E-state index in [-0.39, 0.29) is 0 Å². The summed E-state index contributed by atoms with van der Waals surface area (Å²) in [5, 5.41) is 0. The lowest BCUT2D eigenvalue weighted by molar-refractivity contribution is 1.09. The van der Waals surface area contributed by atoms with Gasteiger partial charge >= 0.3 is 0 Å². The first-order valence-electron chi connectivity index (χ1n) is 3.37. The van der Waals surface area contributed by atoms with Crippen molar-refractivity contribution in [2.24, 2.45) is 0 Å². The van der Waals surface area contributed by atoms with Gasteiger partial charge in [0.15, 0.2) is 0 Å². The SMILES string of the molecule is Cc1cccc2nc(I)cn12. The lowest BCUT2D eigenvalue weighted by atomic mass is 10.4. The first-order valence-corrected chi connectivity index (χ1v) is 4.45. The highest BCUT2D eigenvalue weighted by Gasteiger charge is 1.97. The van der Waals surface area contributed by atoms with Crippen molar-refractivity contribution in [3.05, 3.63) is 33.8 Å². The van der Waals surface area contributed by atoms with Gasteiger partial charge in [-0.1, -0.05) is 6.07 Å². The zero-order chi connectivity index (χ0) is 7.84. The second kappa shape index (κ2) is 2.48. The zero-order valence-electron chi connectivity index (χ0n) is 6.08. The van der Waals surface area contributed by atoms with Gasteiger partial charge in [-0.15, -0.1) is 0 Å². The Balaban J connectivity index is 2.90. The summed E-state index contributed by atoms with van der Waals surface area (Å²) in [4.78, 5) is 4.32. The number of fused-ring (bicyclic) bond motifs is 1. The smallest absolute Gasteiger partial charge is 0.138 e. The first kappa shape index (κ1) is 7.09. The van der Waals surface area contributed by atoms with Gasteiger partial charge < -0.3 is 4.40 Å². The second-order valence-corrected chi connectivity index (χ2v) is 3.56. The molecule has 3 heteroatoms. The summed E-state index contributed by atoms with van der Waals surface area (Å²) >= 11 is 2.22. The molecular formula is C8H7IN2. The van der Waals surface area contributed by atoms with Crippen molar-refractivity contribution in [1.29, 1.82) is 0 Å². The average Bonchev–Trinajstić information content (AvgIpc) is 2.31. The third-order valence-corrected chi connectivity index (χ3v) is 2.19. The molecule has 0 fully saturated rings. The molecule has 0 saturated heterocycles. The lowest BCUT2D eigenvalue weighted by Gasteiger charge is -1.95. The second-order valence-electron chi connectivity index (χ2n) is 2.46. The fraction of sp³-hybridized carbons (Fsp3) is 0.125. The third-order valence-electron chi connectivity index (χ3n) is 1.67. The van der Waals surface area contributed by atoms with E-state index in [1.165, 1.54) is 5.69 Å². The molecule has 0 amide bonds. The monoisotopic (exact) mass is 258 g/mol. The molecule has 11 heavy (non-hydrogen) atoms. The largest absolute Gasteiger partial charge is 0.303 e. The summed E-state index contributed by atoms with van der Waals surface area (Å²) in [6, 6.07) is 6.10. The number of hydrogen-bond donors (Lipinski definition) is 0. The van der Waals surface area contributed by atoms with Crippen molar-refractivity contribution in [3.8, 4) is 0 Å². The van der Waals surface area contributed by atoms with Gasteiger partial charge in [0.1, 0.15) is 9.35 Å². The minimum atomic E-state index is 1.02. The molecule has 0 aliphatic heterocycles. The summed E-state index contributed by atoms with van der Waals surface area (Å²) < 4.78 is 3.12.